The highest BCUT2D eigenvalue weighted by Gasteiger charge is 2.38. The Labute approximate surface area is 132 Å². The molecular formula is C15H18BrN3O2. The van der Waals surface area contributed by atoms with Crippen LogP contribution in [-0.4, -0.2) is 22.9 Å². The quantitative estimate of drug-likeness (QED) is 0.858. The van der Waals surface area contributed by atoms with Crippen molar-refractivity contribution >= 4 is 21.9 Å². The molecule has 1 atom stereocenters. The molecule has 1 unspecified atom stereocenters. The molecule has 6 heteroatoms. The van der Waals surface area contributed by atoms with E-state index in [4.69, 9.17) is 10.5 Å². The second-order valence-electron chi connectivity index (χ2n) is 4.97. The number of benzene rings is 1. The van der Waals surface area contributed by atoms with Crippen LogP contribution in [0, 0.1) is 13.8 Å². The molecule has 2 aromatic rings. The fourth-order valence-electron chi connectivity index (χ4n) is 2.26. The number of ether oxygens (including phenoxy) is 1. The zero-order valence-corrected chi connectivity index (χ0v) is 13.8. The summed E-state index contributed by atoms with van der Waals surface area (Å²) in [5, 5.41) is 4.42. The molecule has 2 rings (SSSR count). The van der Waals surface area contributed by atoms with Crippen LogP contribution in [0.3, 0.4) is 0 Å². The summed E-state index contributed by atoms with van der Waals surface area (Å²) in [6.45, 7) is 4.03. The minimum atomic E-state index is -1.28. The van der Waals surface area contributed by atoms with Crippen molar-refractivity contribution in [3.05, 3.63) is 51.8 Å². The summed E-state index contributed by atoms with van der Waals surface area (Å²) in [4.78, 5) is 12.2. The van der Waals surface area contributed by atoms with Crippen LogP contribution >= 0.6 is 15.9 Å². The summed E-state index contributed by atoms with van der Waals surface area (Å²) < 4.78 is 7.55. The molecule has 1 aromatic carbocycles. The van der Waals surface area contributed by atoms with Crippen molar-refractivity contribution in [2.75, 3.05) is 7.11 Å². The molecule has 0 amide bonds. The van der Waals surface area contributed by atoms with Crippen LogP contribution in [0.5, 0.6) is 0 Å². The number of aryl methyl sites for hydroxylation is 1. The van der Waals surface area contributed by atoms with Crippen molar-refractivity contribution in [1.82, 2.24) is 9.78 Å². The maximum Gasteiger partial charge on any atom is 0.332 e. The number of nitrogens with two attached hydrogens (primary N) is 1. The SMILES string of the molecule is COC(=O)C(N)(Cn1nc(C)c(Br)c1C)c1ccccc1. The van der Waals surface area contributed by atoms with Crippen LogP contribution in [0.15, 0.2) is 34.8 Å². The van der Waals surface area contributed by atoms with Crippen molar-refractivity contribution in [2.45, 2.75) is 25.9 Å². The van der Waals surface area contributed by atoms with Gasteiger partial charge in [0.2, 0.25) is 0 Å². The lowest BCUT2D eigenvalue weighted by Crippen LogP contribution is -2.49. The van der Waals surface area contributed by atoms with Gasteiger partial charge >= 0.3 is 5.97 Å². The minimum Gasteiger partial charge on any atom is -0.467 e. The van der Waals surface area contributed by atoms with Gasteiger partial charge in [0.1, 0.15) is 0 Å². The number of rotatable bonds is 4. The molecule has 0 bridgehead atoms. The third kappa shape index (κ3) is 2.87. The van der Waals surface area contributed by atoms with Crippen molar-refractivity contribution in [3.8, 4) is 0 Å². The number of hydrogen-bond donors (Lipinski definition) is 1. The number of methoxy groups -OCH3 is 1. The van der Waals surface area contributed by atoms with E-state index < -0.39 is 11.5 Å². The molecule has 5 nitrogen and oxygen atoms in total. The van der Waals surface area contributed by atoms with Crippen LogP contribution in [-0.2, 0) is 21.6 Å². The third-order valence-electron chi connectivity index (χ3n) is 3.53. The van der Waals surface area contributed by atoms with Gasteiger partial charge in [-0.25, -0.2) is 4.79 Å². The molecule has 1 aromatic heterocycles. The predicted octanol–water partition coefficient (Wildman–Crippen LogP) is 2.29. The molecule has 112 valence electrons. The fraction of sp³-hybridized carbons (Fsp3) is 0.333. The van der Waals surface area contributed by atoms with E-state index in [1.165, 1.54) is 7.11 Å². The van der Waals surface area contributed by atoms with E-state index >= 15 is 0 Å². The summed E-state index contributed by atoms with van der Waals surface area (Å²) in [6.07, 6.45) is 0. The van der Waals surface area contributed by atoms with E-state index in [0.29, 0.717) is 5.56 Å². The average molecular weight is 352 g/mol. The highest BCUT2D eigenvalue weighted by molar-refractivity contribution is 9.10. The Morgan fingerprint density at radius 2 is 2.00 bits per heavy atom. The zero-order chi connectivity index (χ0) is 15.6. The Balaban J connectivity index is 2.47. The zero-order valence-electron chi connectivity index (χ0n) is 12.3. The molecular weight excluding hydrogens is 334 g/mol. The number of esters is 1. The van der Waals surface area contributed by atoms with E-state index in [2.05, 4.69) is 21.0 Å². The molecule has 0 radical (unpaired) electrons. The maximum atomic E-state index is 12.2. The molecule has 21 heavy (non-hydrogen) atoms. The molecule has 0 aliphatic carbocycles. The largest absolute Gasteiger partial charge is 0.467 e. The molecule has 0 saturated heterocycles. The number of aromatic nitrogens is 2. The summed E-state index contributed by atoms with van der Waals surface area (Å²) in [5.41, 5.74) is 7.57. The number of halogens is 1. The van der Waals surface area contributed by atoms with E-state index in [1.54, 1.807) is 4.68 Å². The van der Waals surface area contributed by atoms with Gasteiger partial charge in [-0.2, -0.15) is 5.10 Å². The lowest BCUT2D eigenvalue weighted by Gasteiger charge is -2.27. The Morgan fingerprint density at radius 3 is 2.48 bits per heavy atom. The summed E-state index contributed by atoms with van der Waals surface area (Å²) in [7, 11) is 1.34. The van der Waals surface area contributed by atoms with Gasteiger partial charge in [0.05, 0.1) is 23.8 Å². The fourth-order valence-corrected chi connectivity index (χ4v) is 2.54. The van der Waals surface area contributed by atoms with Gasteiger partial charge in [0.15, 0.2) is 5.54 Å². The number of nitrogens with zero attached hydrogens (tertiary/aromatic N) is 2. The van der Waals surface area contributed by atoms with Gasteiger partial charge in [-0.05, 0) is 35.3 Å². The Kier molecular flexibility index (Phi) is 4.49. The lowest BCUT2D eigenvalue weighted by atomic mass is 9.91. The Morgan fingerprint density at radius 1 is 1.38 bits per heavy atom. The molecule has 0 aliphatic heterocycles. The molecule has 0 spiro atoms. The summed E-state index contributed by atoms with van der Waals surface area (Å²) in [5.74, 6) is -0.489. The third-order valence-corrected chi connectivity index (χ3v) is 4.68. The van der Waals surface area contributed by atoms with Crippen molar-refractivity contribution in [1.29, 1.82) is 0 Å². The Hall–Kier alpha value is -1.66. The molecule has 0 saturated carbocycles. The van der Waals surface area contributed by atoms with E-state index in [-0.39, 0.29) is 6.54 Å². The van der Waals surface area contributed by atoms with Crippen molar-refractivity contribution in [2.24, 2.45) is 5.73 Å². The van der Waals surface area contributed by atoms with E-state index in [1.807, 2.05) is 44.2 Å². The molecule has 0 fully saturated rings. The first-order chi connectivity index (χ1) is 9.90. The number of carbonyl (C=O) groups is 1. The monoisotopic (exact) mass is 351 g/mol. The van der Waals surface area contributed by atoms with Crippen LogP contribution in [0.25, 0.3) is 0 Å². The van der Waals surface area contributed by atoms with Crippen LogP contribution in [0.2, 0.25) is 0 Å². The van der Waals surface area contributed by atoms with Crippen molar-refractivity contribution in [3.63, 3.8) is 0 Å². The first kappa shape index (κ1) is 15.7. The number of carbonyl (C=O) groups excluding carboxylic acids is 1. The van der Waals surface area contributed by atoms with E-state index in [9.17, 15) is 4.79 Å². The van der Waals surface area contributed by atoms with Gasteiger partial charge in [-0.3, -0.25) is 4.68 Å². The standard InChI is InChI=1S/C15H18BrN3O2/c1-10-13(16)11(2)19(18-10)9-15(17,14(20)21-3)12-7-5-4-6-8-12/h4-8H,9,17H2,1-3H3. The Bertz CT molecular complexity index is 654. The first-order valence-corrected chi connectivity index (χ1v) is 7.31. The molecule has 2 N–H and O–H groups in total. The van der Waals surface area contributed by atoms with Crippen LogP contribution < -0.4 is 5.73 Å². The maximum absolute atomic E-state index is 12.2. The first-order valence-electron chi connectivity index (χ1n) is 6.52. The second kappa shape index (κ2) is 5.99. The minimum absolute atomic E-state index is 0.210. The van der Waals surface area contributed by atoms with Crippen LogP contribution in [0.4, 0.5) is 0 Å². The van der Waals surface area contributed by atoms with Gasteiger partial charge in [0, 0.05) is 5.69 Å². The number of hydrogen-bond acceptors (Lipinski definition) is 4. The van der Waals surface area contributed by atoms with Gasteiger partial charge in [-0.15, -0.1) is 0 Å². The average Bonchev–Trinajstić information content (AvgIpc) is 2.74. The van der Waals surface area contributed by atoms with Crippen LogP contribution in [0.1, 0.15) is 17.0 Å². The van der Waals surface area contributed by atoms with Crippen molar-refractivity contribution < 1.29 is 9.53 Å². The topological polar surface area (TPSA) is 70.1 Å². The highest BCUT2D eigenvalue weighted by atomic mass is 79.9. The van der Waals surface area contributed by atoms with Gasteiger partial charge in [0.25, 0.3) is 0 Å². The lowest BCUT2D eigenvalue weighted by molar-refractivity contribution is -0.148. The van der Waals surface area contributed by atoms with E-state index in [0.717, 1.165) is 15.9 Å². The van der Waals surface area contributed by atoms with Gasteiger partial charge < -0.3 is 10.5 Å². The normalized spacial score (nSPS) is 13.8. The molecule has 1 heterocycles. The summed E-state index contributed by atoms with van der Waals surface area (Å²) >= 11 is 3.48. The second-order valence-corrected chi connectivity index (χ2v) is 5.76. The predicted molar refractivity (Wildman–Crippen MR) is 83.7 cm³/mol. The highest BCUT2D eigenvalue weighted by Crippen LogP contribution is 2.26. The smallest absolute Gasteiger partial charge is 0.332 e. The molecule has 0 aliphatic rings. The van der Waals surface area contributed by atoms with Gasteiger partial charge in [-0.1, -0.05) is 30.3 Å². The summed E-state index contributed by atoms with van der Waals surface area (Å²) in [6, 6.07) is 9.20.